The Hall–Kier alpha value is -0.650. The van der Waals surface area contributed by atoms with Crippen LogP contribution in [-0.4, -0.2) is 47.6 Å². The van der Waals surface area contributed by atoms with Gasteiger partial charge in [-0.15, -0.1) is 0 Å². The zero-order valence-electron chi connectivity index (χ0n) is 14.7. The second kappa shape index (κ2) is 6.58. The number of halogens is 1. The number of ether oxygens (including phenoxy) is 1. The lowest BCUT2D eigenvalue weighted by Gasteiger charge is -2.56. The molecule has 1 aliphatic carbocycles. The molecule has 1 aromatic rings. The summed E-state index contributed by atoms with van der Waals surface area (Å²) in [6, 6.07) is 8.06. The van der Waals surface area contributed by atoms with Gasteiger partial charge in [-0.1, -0.05) is 30.2 Å². The number of aliphatic hydroxyl groups is 1. The molecule has 4 nitrogen and oxygen atoms in total. The molecule has 2 aliphatic rings. The summed E-state index contributed by atoms with van der Waals surface area (Å²) in [5.74, 6) is 0. The second-order valence-corrected chi connectivity index (χ2v) is 8.29. The van der Waals surface area contributed by atoms with Gasteiger partial charge in [0.15, 0.2) is 0 Å². The first-order valence-corrected chi connectivity index (χ1v) is 9.25. The van der Waals surface area contributed by atoms with Crippen molar-refractivity contribution in [3.63, 3.8) is 0 Å². The number of nitrogens with two attached hydrogens (primary N) is 1. The highest BCUT2D eigenvalue weighted by atomic mass is 35.5. The van der Waals surface area contributed by atoms with E-state index in [4.69, 9.17) is 22.1 Å². The van der Waals surface area contributed by atoms with Crippen molar-refractivity contribution in [2.45, 2.75) is 56.2 Å². The molecule has 0 amide bonds. The van der Waals surface area contributed by atoms with Crippen LogP contribution in [0.15, 0.2) is 24.3 Å². The molecule has 1 aromatic carbocycles. The molecular weight excluding hydrogens is 324 g/mol. The van der Waals surface area contributed by atoms with Crippen LogP contribution in [0.4, 0.5) is 0 Å². The second-order valence-electron chi connectivity index (χ2n) is 7.85. The number of morpholine rings is 1. The summed E-state index contributed by atoms with van der Waals surface area (Å²) in [5, 5.41) is 11.9. The molecule has 3 N–H and O–H groups in total. The van der Waals surface area contributed by atoms with E-state index in [0.717, 1.165) is 31.0 Å². The van der Waals surface area contributed by atoms with E-state index in [2.05, 4.69) is 24.0 Å². The molecule has 1 saturated heterocycles. The Morgan fingerprint density at radius 1 is 1.21 bits per heavy atom. The fourth-order valence-electron chi connectivity index (χ4n) is 4.51. The van der Waals surface area contributed by atoms with Gasteiger partial charge in [0.2, 0.25) is 0 Å². The van der Waals surface area contributed by atoms with Crippen LogP contribution >= 0.6 is 11.6 Å². The van der Waals surface area contributed by atoms with Gasteiger partial charge >= 0.3 is 0 Å². The minimum absolute atomic E-state index is 0.0894. The number of rotatable bonds is 5. The highest BCUT2D eigenvalue weighted by Crippen LogP contribution is 2.52. The maximum Gasteiger partial charge on any atom is 0.117 e. The molecule has 0 spiro atoms. The maximum absolute atomic E-state index is 11.1. The van der Waals surface area contributed by atoms with Gasteiger partial charge in [-0.05, 0) is 44.4 Å². The third-order valence-electron chi connectivity index (χ3n) is 6.09. The van der Waals surface area contributed by atoms with Crippen LogP contribution in [0.5, 0.6) is 0 Å². The Balaban J connectivity index is 1.83. The lowest BCUT2D eigenvalue weighted by Crippen LogP contribution is -2.65. The minimum atomic E-state index is -0.928. The summed E-state index contributed by atoms with van der Waals surface area (Å²) in [6.07, 6.45) is 3.82. The van der Waals surface area contributed by atoms with Crippen molar-refractivity contribution in [2.75, 3.05) is 26.3 Å². The molecule has 2 unspecified atom stereocenters. The van der Waals surface area contributed by atoms with Crippen molar-refractivity contribution in [1.82, 2.24) is 4.90 Å². The number of hydrogen-bond donors (Lipinski definition) is 2. The van der Waals surface area contributed by atoms with Gasteiger partial charge in [0.1, 0.15) is 5.72 Å². The average molecular weight is 353 g/mol. The Labute approximate surface area is 149 Å². The van der Waals surface area contributed by atoms with Crippen LogP contribution in [0.1, 0.15) is 45.1 Å². The van der Waals surface area contributed by atoms with Crippen LogP contribution < -0.4 is 5.73 Å². The third kappa shape index (κ3) is 3.23. The van der Waals surface area contributed by atoms with Crippen molar-refractivity contribution in [2.24, 2.45) is 5.73 Å². The molecule has 1 saturated carbocycles. The van der Waals surface area contributed by atoms with Gasteiger partial charge in [-0.25, -0.2) is 0 Å². The molecule has 0 radical (unpaired) electrons. The maximum atomic E-state index is 11.1. The number of nitrogens with zero attached hydrogens (tertiary/aromatic N) is 1. The first kappa shape index (κ1) is 18.2. The standard InChI is InChI=1S/C19H29ClN2O2/c1-17(21,14-18(2,23)22-10-12-24-13-11-22)19(8-3-9-19)15-4-6-16(20)7-5-15/h4-7,23H,3,8-14,21H2,1-2H3. The Morgan fingerprint density at radius 2 is 1.79 bits per heavy atom. The normalized spacial score (nSPS) is 26.2. The lowest BCUT2D eigenvalue weighted by atomic mass is 9.53. The topological polar surface area (TPSA) is 58.7 Å². The molecule has 134 valence electrons. The molecule has 2 fully saturated rings. The molecule has 24 heavy (non-hydrogen) atoms. The van der Waals surface area contributed by atoms with Gasteiger partial charge in [-0.2, -0.15) is 0 Å². The molecule has 0 bridgehead atoms. The predicted molar refractivity (Wildman–Crippen MR) is 97.2 cm³/mol. The quantitative estimate of drug-likeness (QED) is 0.855. The van der Waals surface area contributed by atoms with Gasteiger partial charge in [0, 0.05) is 35.5 Å². The first-order valence-electron chi connectivity index (χ1n) is 8.87. The van der Waals surface area contributed by atoms with E-state index in [-0.39, 0.29) is 5.41 Å². The zero-order valence-corrected chi connectivity index (χ0v) is 15.5. The number of benzene rings is 1. The highest BCUT2D eigenvalue weighted by Gasteiger charge is 2.53. The first-order chi connectivity index (χ1) is 11.3. The summed E-state index contributed by atoms with van der Waals surface area (Å²) in [7, 11) is 0. The van der Waals surface area contributed by atoms with E-state index in [1.54, 1.807) is 0 Å². The fourth-order valence-corrected chi connectivity index (χ4v) is 4.64. The van der Waals surface area contributed by atoms with Gasteiger partial charge in [0.05, 0.1) is 13.2 Å². The van der Waals surface area contributed by atoms with E-state index in [1.807, 2.05) is 19.1 Å². The van der Waals surface area contributed by atoms with E-state index in [9.17, 15) is 5.11 Å². The monoisotopic (exact) mass is 352 g/mol. The number of hydrogen-bond acceptors (Lipinski definition) is 4. The van der Waals surface area contributed by atoms with Crippen LogP contribution in [-0.2, 0) is 10.2 Å². The fraction of sp³-hybridized carbons (Fsp3) is 0.684. The highest BCUT2D eigenvalue weighted by molar-refractivity contribution is 6.30. The van der Waals surface area contributed by atoms with E-state index in [0.29, 0.717) is 19.6 Å². The Kier molecular flexibility index (Phi) is 4.98. The van der Waals surface area contributed by atoms with Crippen molar-refractivity contribution >= 4 is 11.6 Å². The van der Waals surface area contributed by atoms with Crippen molar-refractivity contribution in [3.8, 4) is 0 Å². The summed E-state index contributed by atoms with van der Waals surface area (Å²) in [5.41, 5.74) is 6.59. The molecule has 5 heteroatoms. The Morgan fingerprint density at radius 3 is 2.29 bits per heavy atom. The largest absolute Gasteiger partial charge is 0.379 e. The molecule has 1 heterocycles. The molecule has 0 aromatic heterocycles. The van der Waals surface area contributed by atoms with Crippen molar-refractivity contribution < 1.29 is 9.84 Å². The lowest BCUT2D eigenvalue weighted by molar-refractivity contribution is -0.149. The van der Waals surface area contributed by atoms with Crippen LogP contribution in [0, 0.1) is 0 Å². The molecule has 1 aliphatic heterocycles. The summed E-state index contributed by atoms with van der Waals surface area (Å²) in [4.78, 5) is 2.09. The average Bonchev–Trinajstić information content (AvgIpc) is 2.47. The molecule has 3 rings (SSSR count). The Bertz CT molecular complexity index is 561. The summed E-state index contributed by atoms with van der Waals surface area (Å²) in [6.45, 7) is 6.81. The van der Waals surface area contributed by atoms with E-state index in [1.165, 1.54) is 12.0 Å². The SMILES string of the molecule is CC(O)(CC(C)(N)C1(c2ccc(Cl)cc2)CCC1)N1CCOCC1. The van der Waals surface area contributed by atoms with Gasteiger partial charge in [0.25, 0.3) is 0 Å². The predicted octanol–water partition coefficient (Wildman–Crippen LogP) is 2.91. The van der Waals surface area contributed by atoms with E-state index >= 15 is 0 Å². The minimum Gasteiger partial charge on any atom is -0.379 e. The van der Waals surface area contributed by atoms with E-state index < -0.39 is 11.3 Å². The van der Waals surface area contributed by atoms with Crippen LogP contribution in [0.2, 0.25) is 5.02 Å². The van der Waals surface area contributed by atoms with Crippen molar-refractivity contribution in [3.05, 3.63) is 34.9 Å². The van der Waals surface area contributed by atoms with Crippen molar-refractivity contribution in [1.29, 1.82) is 0 Å². The smallest absolute Gasteiger partial charge is 0.117 e. The van der Waals surface area contributed by atoms with Crippen LogP contribution in [0.3, 0.4) is 0 Å². The summed E-state index contributed by atoms with van der Waals surface area (Å²) >= 11 is 6.06. The van der Waals surface area contributed by atoms with Gasteiger partial charge < -0.3 is 15.6 Å². The molecule has 2 atom stereocenters. The summed E-state index contributed by atoms with van der Waals surface area (Å²) < 4.78 is 5.41. The third-order valence-corrected chi connectivity index (χ3v) is 6.34. The zero-order chi connectivity index (χ0) is 17.4. The molecular formula is C19H29ClN2O2. The van der Waals surface area contributed by atoms with Gasteiger partial charge in [-0.3, -0.25) is 4.90 Å². The van der Waals surface area contributed by atoms with Crippen LogP contribution in [0.25, 0.3) is 0 Å².